The average molecular weight is 427 g/mol. The molecule has 0 saturated carbocycles. The average Bonchev–Trinajstić information content (AvgIpc) is 3.22. The Hall–Kier alpha value is -2.80. The highest BCUT2D eigenvalue weighted by Crippen LogP contribution is 2.36. The molecule has 0 spiro atoms. The summed E-state index contributed by atoms with van der Waals surface area (Å²) in [6.45, 7) is 6.21. The normalized spacial score (nSPS) is 15.3. The van der Waals surface area contributed by atoms with Gasteiger partial charge in [-0.25, -0.2) is 8.42 Å². The molecule has 0 radical (unpaired) electrons. The van der Waals surface area contributed by atoms with Crippen molar-refractivity contribution in [2.75, 3.05) is 24.6 Å². The number of hydrogen-bond donors (Lipinski definition) is 0. The summed E-state index contributed by atoms with van der Waals surface area (Å²) in [5, 5.41) is -0.0212. The summed E-state index contributed by atoms with van der Waals surface area (Å²) in [4.78, 5) is 6.67. The monoisotopic (exact) mass is 426 g/mol. The number of anilines is 1. The number of nitrogens with zero attached hydrogens (tertiary/aromatic N) is 2. The SMILES string of the molecule is CCOc1ccc(-c2nc(S(=O)(=O)c3ccccc3)c(N3CCC(C)CC3)o2)cc1. The molecule has 2 heterocycles. The van der Waals surface area contributed by atoms with Gasteiger partial charge in [-0.2, -0.15) is 4.98 Å². The van der Waals surface area contributed by atoms with E-state index < -0.39 is 9.84 Å². The zero-order valence-corrected chi connectivity index (χ0v) is 18.1. The Kier molecular flexibility index (Phi) is 5.81. The first-order valence-electron chi connectivity index (χ1n) is 10.3. The molecule has 6 nitrogen and oxygen atoms in total. The second kappa shape index (κ2) is 8.52. The maximum atomic E-state index is 13.4. The van der Waals surface area contributed by atoms with Gasteiger partial charge in [-0.3, -0.25) is 0 Å². The maximum Gasteiger partial charge on any atom is 0.236 e. The van der Waals surface area contributed by atoms with E-state index in [4.69, 9.17) is 9.15 Å². The van der Waals surface area contributed by atoms with Gasteiger partial charge in [0.2, 0.25) is 26.6 Å². The van der Waals surface area contributed by atoms with Gasteiger partial charge in [0.25, 0.3) is 0 Å². The number of hydrogen-bond acceptors (Lipinski definition) is 6. The maximum absolute atomic E-state index is 13.4. The van der Waals surface area contributed by atoms with Crippen molar-refractivity contribution in [2.24, 2.45) is 5.92 Å². The van der Waals surface area contributed by atoms with Gasteiger partial charge in [0.05, 0.1) is 11.5 Å². The first kappa shape index (κ1) is 20.5. The van der Waals surface area contributed by atoms with Gasteiger partial charge in [0.1, 0.15) is 5.75 Å². The Balaban J connectivity index is 1.77. The highest BCUT2D eigenvalue weighted by atomic mass is 32.2. The molecule has 1 saturated heterocycles. The van der Waals surface area contributed by atoms with Gasteiger partial charge in [-0.1, -0.05) is 25.1 Å². The van der Waals surface area contributed by atoms with Crippen LogP contribution >= 0.6 is 0 Å². The Morgan fingerprint density at radius 2 is 1.73 bits per heavy atom. The van der Waals surface area contributed by atoms with Crippen molar-refractivity contribution in [1.29, 1.82) is 0 Å². The molecule has 1 fully saturated rings. The van der Waals surface area contributed by atoms with E-state index in [1.807, 2.05) is 36.1 Å². The lowest BCUT2D eigenvalue weighted by atomic mass is 9.99. The van der Waals surface area contributed by atoms with Crippen molar-refractivity contribution in [3.05, 3.63) is 54.6 Å². The summed E-state index contributed by atoms with van der Waals surface area (Å²) in [5.74, 6) is 1.98. The van der Waals surface area contributed by atoms with E-state index in [-0.39, 0.29) is 9.92 Å². The number of piperidine rings is 1. The van der Waals surface area contributed by atoms with Gasteiger partial charge in [-0.15, -0.1) is 0 Å². The van der Waals surface area contributed by atoms with Crippen LogP contribution in [0.1, 0.15) is 26.7 Å². The fourth-order valence-corrected chi connectivity index (χ4v) is 4.92. The molecule has 0 atom stereocenters. The standard InChI is InChI=1S/C23H26N2O4S/c1-3-28-19-11-9-18(10-12-19)21-24-22(30(26,27)20-7-5-4-6-8-20)23(29-21)25-15-13-17(2)14-16-25/h4-12,17H,3,13-16H2,1-2H3. The zero-order chi connectivity index (χ0) is 21.1. The smallest absolute Gasteiger partial charge is 0.236 e. The van der Waals surface area contributed by atoms with Crippen molar-refractivity contribution in [3.63, 3.8) is 0 Å². The molecule has 7 heteroatoms. The van der Waals surface area contributed by atoms with Gasteiger partial charge in [0, 0.05) is 18.7 Å². The molecule has 0 N–H and O–H groups in total. The van der Waals surface area contributed by atoms with E-state index in [0.717, 1.165) is 31.7 Å². The first-order valence-corrected chi connectivity index (χ1v) is 11.8. The second-order valence-corrected chi connectivity index (χ2v) is 9.44. The Morgan fingerprint density at radius 1 is 1.07 bits per heavy atom. The molecule has 1 aromatic heterocycles. The molecular weight excluding hydrogens is 400 g/mol. The Morgan fingerprint density at radius 3 is 2.37 bits per heavy atom. The molecule has 1 aliphatic rings. The highest BCUT2D eigenvalue weighted by Gasteiger charge is 2.32. The van der Waals surface area contributed by atoms with Crippen molar-refractivity contribution in [3.8, 4) is 17.2 Å². The Bertz CT molecular complexity index is 1080. The predicted molar refractivity (Wildman–Crippen MR) is 116 cm³/mol. The quantitative estimate of drug-likeness (QED) is 0.563. The molecule has 1 aliphatic heterocycles. The minimum absolute atomic E-state index is 0.0212. The van der Waals surface area contributed by atoms with Gasteiger partial charge >= 0.3 is 0 Å². The molecule has 4 rings (SSSR count). The minimum atomic E-state index is -3.81. The van der Waals surface area contributed by atoms with E-state index in [2.05, 4.69) is 11.9 Å². The lowest BCUT2D eigenvalue weighted by Crippen LogP contribution is -2.33. The van der Waals surface area contributed by atoms with Crippen molar-refractivity contribution in [1.82, 2.24) is 4.98 Å². The van der Waals surface area contributed by atoms with Crippen LogP contribution < -0.4 is 9.64 Å². The second-order valence-electron chi connectivity index (χ2n) is 7.57. The van der Waals surface area contributed by atoms with Crippen molar-refractivity contribution >= 4 is 15.7 Å². The number of aromatic nitrogens is 1. The molecule has 158 valence electrons. The van der Waals surface area contributed by atoms with E-state index in [0.29, 0.717) is 29.9 Å². The fourth-order valence-electron chi connectivity index (χ4n) is 3.58. The molecule has 0 amide bonds. The topological polar surface area (TPSA) is 72.6 Å². The van der Waals surface area contributed by atoms with E-state index in [1.165, 1.54) is 0 Å². The molecular formula is C23H26N2O4S. The number of rotatable bonds is 6. The third-order valence-electron chi connectivity index (χ3n) is 5.37. The number of ether oxygens (including phenoxy) is 1. The van der Waals surface area contributed by atoms with E-state index in [9.17, 15) is 8.42 Å². The van der Waals surface area contributed by atoms with Gasteiger partial charge in [0.15, 0.2) is 0 Å². The van der Waals surface area contributed by atoms with Crippen LogP contribution in [0.3, 0.4) is 0 Å². The lowest BCUT2D eigenvalue weighted by molar-refractivity contribution is 0.340. The third kappa shape index (κ3) is 4.07. The molecule has 3 aromatic rings. The van der Waals surface area contributed by atoms with Crippen LogP contribution in [0.2, 0.25) is 0 Å². The van der Waals surface area contributed by atoms with Crippen LogP contribution in [0.4, 0.5) is 5.88 Å². The van der Waals surface area contributed by atoms with Gasteiger partial charge < -0.3 is 14.1 Å². The summed E-state index contributed by atoms with van der Waals surface area (Å²) >= 11 is 0. The van der Waals surface area contributed by atoms with Crippen LogP contribution in [0.5, 0.6) is 5.75 Å². The van der Waals surface area contributed by atoms with Crippen LogP contribution in [-0.2, 0) is 9.84 Å². The summed E-state index contributed by atoms with van der Waals surface area (Å²) in [5.41, 5.74) is 0.708. The number of oxazole rings is 1. The van der Waals surface area contributed by atoms with E-state index in [1.54, 1.807) is 30.3 Å². The van der Waals surface area contributed by atoms with Crippen LogP contribution in [0, 0.1) is 5.92 Å². The third-order valence-corrected chi connectivity index (χ3v) is 7.04. The van der Waals surface area contributed by atoms with Gasteiger partial charge in [-0.05, 0) is 62.1 Å². The van der Waals surface area contributed by atoms with E-state index >= 15 is 0 Å². The zero-order valence-electron chi connectivity index (χ0n) is 17.2. The molecule has 0 aliphatic carbocycles. The summed E-state index contributed by atoms with van der Waals surface area (Å²) < 4.78 is 38.3. The molecule has 0 bridgehead atoms. The number of benzene rings is 2. The largest absolute Gasteiger partial charge is 0.494 e. The molecule has 30 heavy (non-hydrogen) atoms. The van der Waals surface area contributed by atoms with Crippen LogP contribution in [0.15, 0.2) is 68.9 Å². The summed E-state index contributed by atoms with van der Waals surface area (Å²) in [6.07, 6.45) is 1.98. The predicted octanol–water partition coefficient (Wildman–Crippen LogP) is 4.81. The van der Waals surface area contributed by atoms with Crippen LogP contribution in [-0.4, -0.2) is 33.1 Å². The molecule has 2 aromatic carbocycles. The summed E-state index contributed by atoms with van der Waals surface area (Å²) in [7, 11) is -3.81. The van der Waals surface area contributed by atoms with Crippen LogP contribution in [0.25, 0.3) is 11.5 Å². The first-order chi connectivity index (χ1) is 14.5. The lowest BCUT2D eigenvalue weighted by Gasteiger charge is -2.30. The highest BCUT2D eigenvalue weighted by molar-refractivity contribution is 7.91. The molecule has 0 unspecified atom stereocenters. The minimum Gasteiger partial charge on any atom is -0.494 e. The summed E-state index contributed by atoms with van der Waals surface area (Å²) in [6, 6.07) is 15.7. The van der Waals surface area contributed by atoms with Crippen molar-refractivity contribution in [2.45, 2.75) is 36.6 Å². The number of sulfone groups is 1. The fraction of sp³-hybridized carbons (Fsp3) is 0.348. The van der Waals surface area contributed by atoms with Crippen molar-refractivity contribution < 1.29 is 17.6 Å². The Labute approximate surface area is 177 Å².